The lowest BCUT2D eigenvalue weighted by atomic mass is 10.3. The SMILES string of the molecule is C=CCn1c(COc2ccccc2F)nnc1SCC(F)F. The van der Waals surface area contributed by atoms with Crippen molar-refractivity contribution in [3.63, 3.8) is 0 Å². The lowest BCUT2D eigenvalue weighted by Crippen LogP contribution is -2.08. The summed E-state index contributed by atoms with van der Waals surface area (Å²) in [5, 5.41) is 8.13. The van der Waals surface area contributed by atoms with Crippen LogP contribution in [0.4, 0.5) is 13.2 Å². The van der Waals surface area contributed by atoms with Crippen LogP contribution in [0.3, 0.4) is 0 Å². The van der Waals surface area contributed by atoms with E-state index in [4.69, 9.17) is 4.74 Å². The van der Waals surface area contributed by atoms with E-state index in [0.29, 0.717) is 17.5 Å². The van der Waals surface area contributed by atoms with Gasteiger partial charge in [0.25, 0.3) is 0 Å². The highest BCUT2D eigenvalue weighted by atomic mass is 32.2. The van der Waals surface area contributed by atoms with Gasteiger partial charge in [-0.3, -0.25) is 4.57 Å². The number of thioether (sulfide) groups is 1. The Kier molecular flexibility index (Phi) is 5.88. The standard InChI is InChI=1S/C14H14F3N3OS/c1-2-7-20-13(18-19-14(20)22-9-12(16)17)8-21-11-6-4-3-5-10(11)15/h2-6,12H,1,7-9H2. The molecule has 1 aromatic carbocycles. The van der Waals surface area contributed by atoms with E-state index in [2.05, 4.69) is 16.8 Å². The Bertz CT molecular complexity index is 634. The molecule has 1 aromatic heterocycles. The molecule has 1 heterocycles. The van der Waals surface area contributed by atoms with Gasteiger partial charge in [0.05, 0.1) is 5.75 Å². The number of benzene rings is 1. The van der Waals surface area contributed by atoms with Gasteiger partial charge in [0.1, 0.15) is 6.61 Å². The first-order valence-electron chi connectivity index (χ1n) is 6.43. The van der Waals surface area contributed by atoms with Crippen molar-refractivity contribution in [2.45, 2.75) is 24.7 Å². The summed E-state index contributed by atoms with van der Waals surface area (Å²) >= 11 is 0.903. The Morgan fingerprint density at radius 3 is 2.77 bits per heavy atom. The molecular formula is C14H14F3N3OS. The van der Waals surface area contributed by atoms with E-state index in [1.165, 1.54) is 12.1 Å². The van der Waals surface area contributed by atoms with Gasteiger partial charge in [-0.2, -0.15) is 0 Å². The molecule has 22 heavy (non-hydrogen) atoms. The summed E-state index contributed by atoms with van der Waals surface area (Å²) in [4.78, 5) is 0. The van der Waals surface area contributed by atoms with Gasteiger partial charge in [0.2, 0.25) is 6.43 Å². The Hall–Kier alpha value is -1.96. The average Bonchev–Trinajstić information content (AvgIpc) is 2.87. The fourth-order valence-corrected chi connectivity index (χ4v) is 2.40. The maximum absolute atomic E-state index is 13.5. The van der Waals surface area contributed by atoms with Crippen molar-refractivity contribution in [1.29, 1.82) is 0 Å². The lowest BCUT2D eigenvalue weighted by Gasteiger charge is -2.09. The van der Waals surface area contributed by atoms with Crippen molar-refractivity contribution in [3.05, 3.63) is 48.6 Å². The van der Waals surface area contributed by atoms with Gasteiger partial charge in [-0.1, -0.05) is 30.0 Å². The quantitative estimate of drug-likeness (QED) is 0.549. The molecule has 8 heteroatoms. The number of halogens is 3. The minimum Gasteiger partial charge on any atom is -0.483 e. The van der Waals surface area contributed by atoms with Crippen LogP contribution in [0.2, 0.25) is 0 Å². The first-order valence-corrected chi connectivity index (χ1v) is 7.41. The topological polar surface area (TPSA) is 39.9 Å². The van der Waals surface area contributed by atoms with Crippen molar-refractivity contribution >= 4 is 11.8 Å². The van der Waals surface area contributed by atoms with E-state index in [0.717, 1.165) is 11.8 Å². The zero-order valence-corrected chi connectivity index (χ0v) is 12.4. The van der Waals surface area contributed by atoms with Gasteiger partial charge >= 0.3 is 0 Å². The number of hydrogen-bond donors (Lipinski definition) is 0. The van der Waals surface area contributed by atoms with Crippen LogP contribution < -0.4 is 4.74 Å². The molecule has 0 N–H and O–H groups in total. The van der Waals surface area contributed by atoms with E-state index in [9.17, 15) is 13.2 Å². The normalized spacial score (nSPS) is 10.9. The number of ether oxygens (including phenoxy) is 1. The third-order valence-corrected chi connectivity index (χ3v) is 3.62. The van der Waals surface area contributed by atoms with Crippen LogP contribution in [0.15, 0.2) is 42.1 Å². The predicted octanol–water partition coefficient (Wildman–Crippen LogP) is 3.54. The van der Waals surface area contributed by atoms with Gasteiger partial charge in [-0.15, -0.1) is 16.8 Å². The highest BCUT2D eigenvalue weighted by Gasteiger charge is 2.15. The Morgan fingerprint density at radius 1 is 1.32 bits per heavy atom. The summed E-state index contributed by atoms with van der Waals surface area (Å²) in [5.74, 6) is -0.342. The zero-order chi connectivity index (χ0) is 15.9. The van der Waals surface area contributed by atoms with Crippen molar-refractivity contribution in [3.8, 4) is 5.75 Å². The lowest BCUT2D eigenvalue weighted by molar-refractivity contribution is 0.176. The zero-order valence-electron chi connectivity index (χ0n) is 11.6. The number of hydrogen-bond acceptors (Lipinski definition) is 4. The monoisotopic (exact) mass is 329 g/mol. The summed E-state index contributed by atoms with van der Waals surface area (Å²) in [7, 11) is 0. The second-order valence-corrected chi connectivity index (χ2v) is 5.21. The minimum absolute atomic E-state index is 0.0169. The molecule has 2 rings (SSSR count). The number of nitrogens with zero attached hydrogens (tertiary/aromatic N) is 3. The van der Waals surface area contributed by atoms with Crippen LogP contribution in [0, 0.1) is 5.82 Å². The van der Waals surface area contributed by atoms with Gasteiger partial charge in [-0.25, -0.2) is 13.2 Å². The molecule has 0 saturated carbocycles. The number of alkyl halides is 2. The molecule has 0 fully saturated rings. The molecule has 0 amide bonds. The maximum atomic E-state index is 13.5. The molecule has 0 bridgehead atoms. The largest absolute Gasteiger partial charge is 0.483 e. The molecular weight excluding hydrogens is 315 g/mol. The van der Waals surface area contributed by atoms with E-state index in [-0.39, 0.29) is 18.1 Å². The average molecular weight is 329 g/mol. The first-order chi connectivity index (χ1) is 10.6. The minimum atomic E-state index is -2.43. The maximum Gasteiger partial charge on any atom is 0.248 e. The summed E-state index contributed by atoms with van der Waals surface area (Å²) in [6.07, 6.45) is -0.834. The smallest absolute Gasteiger partial charge is 0.248 e. The van der Waals surface area contributed by atoms with Crippen molar-refractivity contribution < 1.29 is 17.9 Å². The number of allylic oxidation sites excluding steroid dienone is 1. The first kappa shape index (κ1) is 16.4. The molecule has 0 aliphatic heterocycles. The van der Waals surface area contributed by atoms with Crippen LogP contribution in [-0.2, 0) is 13.2 Å². The fraction of sp³-hybridized carbons (Fsp3) is 0.286. The molecule has 0 radical (unpaired) electrons. The highest BCUT2D eigenvalue weighted by molar-refractivity contribution is 7.99. The van der Waals surface area contributed by atoms with E-state index >= 15 is 0 Å². The number of rotatable bonds is 8. The fourth-order valence-electron chi connectivity index (χ4n) is 1.69. The van der Waals surface area contributed by atoms with Crippen molar-refractivity contribution in [2.24, 2.45) is 0 Å². The van der Waals surface area contributed by atoms with Crippen LogP contribution in [0.25, 0.3) is 0 Å². The second kappa shape index (κ2) is 7.88. The van der Waals surface area contributed by atoms with Crippen molar-refractivity contribution in [2.75, 3.05) is 5.75 Å². The van der Waals surface area contributed by atoms with Gasteiger partial charge in [0.15, 0.2) is 22.5 Å². The molecule has 0 aliphatic carbocycles. The molecule has 0 spiro atoms. The van der Waals surface area contributed by atoms with E-state index in [1.54, 1.807) is 22.8 Å². The molecule has 118 valence electrons. The van der Waals surface area contributed by atoms with Gasteiger partial charge in [-0.05, 0) is 12.1 Å². The molecule has 0 unspecified atom stereocenters. The van der Waals surface area contributed by atoms with Gasteiger partial charge < -0.3 is 4.74 Å². The molecule has 0 saturated heterocycles. The predicted molar refractivity (Wildman–Crippen MR) is 77.7 cm³/mol. The van der Waals surface area contributed by atoms with Crippen LogP contribution >= 0.6 is 11.8 Å². The van der Waals surface area contributed by atoms with E-state index < -0.39 is 12.2 Å². The third kappa shape index (κ3) is 4.27. The number of aromatic nitrogens is 3. The summed E-state index contributed by atoms with van der Waals surface area (Å²) in [5.41, 5.74) is 0. The Labute approximate surface area is 130 Å². The summed E-state index contributed by atoms with van der Waals surface area (Å²) < 4.78 is 45.0. The molecule has 0 aliphatic rings. The molecule has 2 aromatic rings. The van der Waals surface area contributed by atoms with Gasteiger partial charge in [0, 0.05) is 6.54 Å². The number of para-hydroxylation sites is 1. The third-order valence-electron chi connectivity index (χ3n) is 2.64. The second-order valence-electron chi connectivity index (χ2n) is 4.22. The van der Waals surface area contributed by atoms with E-state index in [1.807, 2.05) is 0 Å². The van der Waals surface area contributed by atoms with Crippen molar-refractivity contribution in [1.82, 2.24) is 14.8 Å². The van der Waals surface area contributed by atoms with Crippen LogP contribution in [0.1, 0.15) is 5.82 Å². The summed E-state index contributed by atoms with van der Waals surface area (Å²) in [6.45, 7) is 3.95. The molecule has 4 nitrogen and oxygen atoms in total. The Balaban J connectivity index is 2.09. The Morgan fingerprint density at radius 2 is 2.09 bits per heavy atom. The van der Waals surface area contributed by atoms with Crippen LogP contribution in [0.5, 0.6) is 5.75 Å². The summed E-state index contributed by atoms with van der Waals surface area (Å²) in [6, 6.07) is 5.99. The van der Waals surface area contributed by atoms with Crippen LogP contribution in [-0.4, -0.2) is 26.9 Å². The highest BCUT2D eigenvalue weighted by Crippen LogP contribution is 2.21. The molecule has 0 atom stereocenters.